The van der Waals surface area contributed by atoms with Crippen molar-refractivity contribution in [2.24, 2.45) is 0 Å². The molecule has 1 amide bonds. The Hall–Kier alpha value is -2.53. The van der Waals surface area contributed by atoms with Crippen molar-refractivity contribution in [3.63, 3.8) is 0 Å². The number of methoxy groups -OCH3 is 1. The molecule has 1 N–H and O–H groups in total. The summed E-state index contributed by atoms with van der Waals surface area (Å²) in [5.41, 5.74) is 2.72. The molecular formula is C18H18ClN3O2. The lowest BCUT2D eigenvalue weighted by Crippen LogP contribution is -2.16. The highest BCUT2D eigenvalue weighted by molar-refractivity contribution is 6.32. The molecule has 0 radical (unpaired) electrons. The molecule has 1 aromatic carbocycles. The Labute approximate surface area is 145 Å². The third-order valence-electron chi connectivity index (χ3n) is 3.71. The molecule has 0 bridgehead atoms. The van der Waals surface area contributed by atoms with E-state index >= 15 is 0 Å². The number of pyridine rings is 1. The lowest BCUT2D eigenvalue weighted by molar-refractivity contribution is 0.102. The van der Waals surface area contributed by atoms with Crippen LogP contribution in [-0.2, 0) is 6.42 Å². The van der Waals surface area contributed by atoms with Crippen LogP contribution < -0.4 is 10.1 Å². The van der Waals surface area contributed by atoms with Gasteiger partial charge in [0.05, 0.1) is 17.8 Å². The maximum atomic E-state index is 12.8. The molecule has 6 heteroatoms. The summed E-state index contributed by atoms with van der Waals surface area (Å²) in [6, 6.07) is 10.8. The van der Waals surface area contributed by atoms with E-state index < -0.39 is 0 Å². The standard InChI is InChI=1S/C18H18ClN3O2/c1-3-6-14-17(22-10-5-4-7-16(22)21-14)18(23)20-12-8-9-15(24-2)13(19)11-12/h4-5,7-11H,3,6H2,1-2H3,(H,20,23). The second-order valence-electron chi connectivity index (χ2n) is 5.39. The molecule has 2 heterocycles. The molecule has 3 rings (SSSR count). The number of nitrogens with one attached hydrogen (secondary N) is 1. The van der Waals surface area contributed by atoms with Gasteiger partial charge >= 0.3 is 0 Å². The number of rotatable bonds is 5. The molecule has 24 heavy (non-hydrogen) atoms. The number of fused-ring (bicyclic) bond motifs is 1. The normalized spacial score (nSPS) is 10.8. The van der Waals surface area contributed by atoms with Gasteiger partial charge in [-0.3, -0.25) is 9.20 Å². The van der Waals surface area contributed by atoms with Crippen molar-refractivity contribution in [1.29, 1.82) is 0 Å². The fourth-order valence-electron chi connectivity index (χ4n) is 2.63. The monoisotopic (exact) mass is 343 g/mol. The minimum atomic E-state index is -0.210. The summed E-state index contributed by atoms with van der Waals surface area (Å²) in [5.74, 6) is 0.356. The van der Waals surface area contributed by atoms with Crippen LogP contribution in [0, 0.1) is 0 Å². The molecular weight excluding hydrogens is 326 g/mol. The Bertz CT molecular complexity index is 889. The number of carbonyl (C=O) groups excluding carboxylic acids is 1. The zero-order chi connectivity index (χ0) is 17.1. The second-order valence-corrected chi connectivity index (χ2v) is 5.80. The predicted octanol–water partition coefficient (Wildman–Crippen LogP) is 4.20. The molecule has 3 aromatic rings. The van der Waals surface area contributed by atoms with Crippen molar-refractivity contribution in [2.75, 3.05) is 12.4 Å². The van der Waals surface area contributed by atoms with Crippen molar-refractivity contribution in [2.45, 2.75) is 19.8 Å². The SMILES string of the molecule is CCCc1nc2ccccn2c1C(=O)Nc1ccc(OC)c(Cl)c1. The Morgan fingerprint density at radius 1 is 1.33 bits per heavy atom. The van der Waals surface area contributed by atoms with Crippen LogP contribution in [0.1, 0.15) is 29.5 Å². The smallest absolute Gasteiger partial charge is 0.274 e. The molecule has 0 atom stereocenters. The number of carbonyl (C=O) groups is 1. The number of benzene rings is 1. The van der Waals surface area contributed by atoms with Gasteiger partial charge in [-0.2, -0.15) is 0 Å². The number of anilines is 1. The molecule has 0 aliphatic carbocycles. The molecule has 0 spiro atoms. The highest BCUT2D eigenvalue weighted by atomic mass is 35.5. The van der Waals surface area contributed by atoms with E-state index in [1.165, 1.54) is 0 Å². The lowest BCUT2D eigenvalue weighted by Gasteiger charge is -2.09. The number of halogens is 1. The fraction of sp³-hybridized carbons (Fsp3) is 0.222. The van der Waals surface area contributed by atoms with Crippen LogP contribution in [0.4, 0.5) is 5.69 Å². The van der Waals surface area contributed by atoms with Crippen LogP contribution in [0.3, 0.4) is 0 Å². The van der Waals surface area contributed by atoms with Gasteiger partial charge in [0, 0.05) is 11.9 Å². The summed E-state index contributed by atoms with van der Waals surface area (Å²) < 4.78 is 6.94. The van der Waals surface area contributed by atoms with E-state index in [-0.39, 0.29) is 5.91 Å². The van der Waals surface area contributed by atoms with Crippen molar-refractivity contribution in [3.05, 3.63) is 59.0 Å². The largest absolute Gasteiger partial charge is 0.495 e. The summed E-state index contributed by atoms with van der Waals surface area (Å²) >= 11 is 6.12. The van der Waals surface area contributed by atoms with Crippen LogP contribution in [-0.4, -0.2) is 22.4 Å². The number of ether oxygens (including phenoxy) is 1. The first-order chi connectivity index (χ1) is 11.6. The minimum absolute atomic E-state index is 0.210. The van der Waals surface area contributed by atoms with Gasteiger partial charge in [-0.05, 0) is 36.8 Å². The topological polar surface area (TPSA) is 55.6 Å². The van der Waals surface area contributed by atoms with Gasteiger partial charge in [-0.1, -0.05) is 31.0 Å². The van der Waals surface area contributed by atoms with Gasteiger partial charge in [0.25, 0.3) is 5.91 Å². The highest BCUT2D eigenvalue weighted by Gasteiger charge is 2.19. The maximum absolute atomic E-state index is 12.8. The van der Waals surface area contributed by atoms with Gasteiger partial charge in [-0.15, -0.1) is 0 Å². The first-order valence-corrected chi connectivity index (χ1v) is 8.12. The average molecular weight is 344 g/mol. The number of imidazole rings is 1. The number of hydrogen-bond acceptors (Lipinski definition) is 3. The van der Waals surface area contributed by atoms with Crippen molar-refractivity contribution in [1.82, 2.24) is 9.38 Å². The second kappa shape index (κ2) is 6.93. The fourth-order valence-corrected chi connectivity index (χ4v) is 2.89. The van der Waals surface area contributed by atoms with Crippen LogP contribution >= 0.6 is 11.6 Å². The lowest BCUT2D eigenvalue weighted by atomic mass is 10.2. The molecule has 0 saturated carbocycles. The van der Waals surface area contributed by atoms with Crippen LogP contribution in [0.25, 0.3) is 5.65 Å². The quantitative estimate of drug-likeness (QED) is 0.755. The van der Waals surface area contributed by atoms with E-state index in [4.69, 9.17) is 16.3 Å². The van der Waals surface area contributed by atoms with Crippen LogP contribution in [0.2, 0.25) is 5.02 Å². The molecule has 0 fully saturated rings. The number of amides is 1. The summed E-state index contributed by atoms with van der Waals surface area (Å²) in [6.07, 6.45) is 3.50. The minimum Gasteiger partial charge on any atom is -0.495 e. The van der Waals surface area contributed by atoms with Gasteiger partial charge in [-0.25, -0.2) is 4.98 Å². The Morgan fingerprint density at radius 2 is 2.17 bits per heavy atom. The van der Waals surface area contributed by atoms with Crippen molar-refractivity contribution in [3.8, 4) is 5.75 Å². The van der Waals surface area contributed by atoms with Crippen LogP contribution in [0.15, 0.2) is 42.6 Å². The number of aromatic nitrogens is 2. The zero-order valence-electron chi connectivity index (χ0n) is 13.5. The van der Waals surface area contributed by atoms with E-state index in [1.807, 2.05) is 28.8 Å². The summed E-state index contributed by atoms with van der Waals surface area (Å²) in [4.78, 5) is 17.4. The molecule has 0 aliphatic rings. The first kappa shape index (κ1) is 16.3. The van der Waals surface area contributed by atoms with E-state index in [1.54, 1.807) is 25.3 Å². The summed E-state index contributed by atoms with van der Waals surface area (Å²) in [7, 11) is 1.55. The Balaban J connectivity index is 1.96. The first-order valence-electron chi connectivity index (χ1n) is 7.75. The number of nitrogens with zero attached hydrogens (tertiary/aromatic N) is 2. The van der Waals surface area contributed by atoms with Crippen molar-refractivity contribution >= 4 is 28.8 Å². The Morgan fingerprint density at radius 3 is 2.88 bits per heavy atom. The average Bonchev–Trinajstić information content (AvgIpc) is 2.93. The number of hydrogen-bond donors (Lipinski definition) is 1. The molecule has 124 valence electrons. The molecule has 0 unspecified atom stereocenters. The Kier molecular flexibility index (Phi) is 4.71. The van der Waals surface area contributed by atoms with E-state index in [0.29, 0.717) is 22.2 Å². The van der Waals surface area contributed by atoms with E-state index in [9.17, 15) is 4.79 Å². The zero-order valence-corrected chi connectivity index (χ0v) is 14.3. The van der Waals surface area contributed by atoms with Gasteiger partial charge < -0.3 is 10.1 Å². The van der Waals surface area contributed by atoms with Crippen molar-refractivity contribution < 1.29 is 9.53 Å². The van der Waals surface area contributed by atoms with E-state index in [2.05, 4.69) is 17.2 Å². The van der Waals surface area contributed by atoms with Gasteiger partial charge in [0.2, 0.25) is 0 Å². The van der Waals surface area contributed by atoms with Gasteiger partial charge in [0.15, 0.2) is 0 Å². The highest BCUT2D eigenvalue weighted by Crippen LogP contribution is 2.27. The van der Waals surface area contributed by atoms with Crippen LogP contribution in [0.5, 0.6) is 5.75 Å². The third kappa shape index (κ3) is 3.08. The molecule has 0 saturated heterocycles. The predicted molar refractivity (Wildman–Crippen MR) is 95.1 cm³/mol. The number of aryl methyl sites for hydroxylation is 1. The molecule has 0 aliphatic heterocycles. The summed E-state index contributed by atoms with van der Waals surface area (Å²) in [5, 5.41) is 3.33. The van der Waals surface area contributed by atoms with Gasteiger partial charge in [0.1, 0.15) is 17.1 Å². The third-order valence-corrected chi connectivity index (χ3v) is 4.01. The molecule has 2 aromatic heterocycles. The maximum Gasteiger partial charge on any atom is 0.274 e. The van der Waals surface area contributed by atoms with E-state index in [0.717, 1.165) is 24.2 Å². The summed E-state index contributed by atoms with van der Waals surface area (Å²) in [6.45, 7) is 2.06. The molecule has 5 nitrogen and oxygen atoms in total.